The van der Waals surface area contributed by atoms with Crippen molar-refractivity contribution in [2.75, 3.05) is 11.4 Å². The van der Waals surface area contributed by atoms with E-state index in [0.717, 1.165) is 0 Å². The van der Waals surface area contributed by atoms with E-state index in [9.17, 15) is 14.0 Å². The third-order valence-electron chi connectivity index (χ3n) is 2.48. The summed E-state index contributed by atoms with van der Waals surface area (Å²) in [7, 11) is 0. The number of piperidine rings is 1. The maximum atomic E-state index is 12.9. The average Bonchev–Trinajstić information content (AvgIpc) is 2.22. The average molecular weight is 242 g/mol. The molecular weight excluding hydrogens is 233 g/mol. The molecule has 0 radical (unpaired) electrons. The number of amides is 1. The summed E-state index contributed by atoms with van der Waals surface area (Å²) in [6.45, 7) is 0.333. The monoisotopic (exact) mass is 241 g/mol. The van der Waals surface area contributed by atoms with Crippen molar-refractivity contribution in [3.05, 3.63) is 29.0 Å². The maximum absolute atomic E-state index is 12.9. The van der Waals surface area contributed by atoms with Crippen LogP contribution in [-0.4, -0.2) is 18.2 Å². The number of halogens is 2. The Morgan fingerprint density at radius 1 is 1.31 bits per heavy atom. The fraction of sp³-hybridized carbons (Fsp3) is 0.273. The highest BCUT2D eigenvalue weighted by Crippen LogP contribution is 2.24. The van der Waals surface area contributed by atoms with Gasteiger partial charge in [-0.3, -0.25) is 9.59 Å². The third kappa shape index (κ3) is 2.07. The first-order chi connectivity index (χ1) is 7.58. The van der Waals surface area contributed by atoms with Crippen LogP contribution < -0.4 is 4.90 Å². The number of nitrogens with zero attached hydrogens (tertiary/aromatic N) is 1. The van der Waals surface area contributed by atoms with Gasteiger partial charge >= 0.3 is 0 Å². The molecule has 1 saturated heterocycles. The van der Waals surface area contributed by atoms with Crippen LogP contribution in [0, 0.1) is 5.82 Å². The summed E-state index contributed by atoms with van der Waals surface area (Å²) < 4.78 is 12.9. The highest BCUT2D eigenvalue weighted by atomic mass is 35.5. The molecule has 16 heavy (non-hydrogen) atoms. The lowest BCUT2D eigenvalue weighted by Crippen LogP contribution is -2.39. The number of hydrogen-bond donors (Lipinski definition) is 0. The fourth-order valence-corrected chi connectivity index (χ4v) is 1.81. The number of rotatable bonds is 1. The van der Waals surface area contributed by atoms with Crippen molar-refractivity contribution >= 4 is 29.0 Å². The summed E-state index contributed by atoms with van der Waals surface area (Å²) in [6, 6.07) is 4.08. The van der Waals surface area contributed by atoms with Gasteiger partial charge in [0, 0.05) is 18.7 Å². The Balaban J connectivity index is 2.27. The molecule has 0 atom stereocenters. The number of anilines is 1. The van der Waals surface area contributed by atoms with Crippen LogP contribution >= 0.6 is 11.6 Å². The first-order valence-electron chi connectivity index (χ1n) is 4.85. The summed E-state index contributed by atoms with van der Waals surface area (Å²) in [5, 5.41) is -0.0257. The Morgan fingerprint density at radius 2 is 2.06 bits per heavy atom. The molecule has 1 aliphatic heterocycles. The lowest BCUT2D eigenvalue weighted by molar-refractivity contribution is -0.128. The van der Waals surface area contributed by atoms with E-state index in [2.05, 4.69) is 0 Å². The summed E-state index contributed by atoms with van der Waals surface area (Å²) in [5.41, 5.74) is 0.531. The molecule has 0 saturated carbocycles. The lowest BCUT2D eigenvalue weighted by atomic mass is 10.1. The first-order valence-corrected chi connectivity index (χ1v) is 5.23. The van der Waals surface area contributed by atoms with E-state index in [1.807, 2.05) is 0 Å². The molecule has 84 valence electrons. The predicted octanol–water partition coefficient (Wildman–Crippen LogP) is 2.17. The van der Waals surface area contributed by atoms with E-state index < -0.39 is 5.82 Å². The summed E-state index contributed by atoms with van der Waals surface area (Å²) in [4.78, 5) is 24.1. The molecule has 0 spiro atoms. The van der Waals surface area contributed by atoms with Crippen LogP contribution in [0.3, 0.4) is 0 Å². The second kappa shape index (κ2) is 4.22. The van der Waals surface area contributed by atoms with Gasteiger partial charge in [-0.2, -0.15) is 0 Å². The van der Waals surface area contributed by atoms with E-state index >= 15 is 0 Å². The van der Waals surface area contributed by atoms with E-state index in [0.29, 0.717) is 18.7 Å². The Bertz CT molecular complexity index is 461. The van der Waals surface area contributed by atoms with Gasteiger partial charge in [0.2, 0.25) is 5.91 Å². The summed E-state index contributed by atoms with van der Waals surface area (Å²) in [5.74, 6) is -0.848. The van der Waals surface area contributed by atoms with Gasteiger partial charge in [-0.05, 0) is 18.2 Å². The maximum Gasteiger partial charge on any atom is 0.234 e. The fourth-order valence-electron chi connectivity index (χ4n) is 1.64. The van der Waals surface area contributed by atoms with Gasteiger partial charge in [-0.1, -0.05) is 11.6 Å². The van der Waals surface area contributed by atoms with Gasteiger partial charge in [-0.15, -0.1) is 0 Å². The molecule has 1 aliphatic rings. The van der Waals surface area contributed by atoms with E-state index in [-0.39, 0.29) is 23.1 Å². The van der Waals surface area contributed by atoms with Crippen molar-refractivity contribution in [2.24, 2.45) is 0 Å². The number of hydrogen-bond acceptors (Lipinski definition) is 2. The SMILES string of the molecule is O=C1CCN(c2ccc(F)c(Cl)c2)C(=O)C1. The number of Topliss-reactive ketones (excluding diaryl/α,β-unsaturated/α-hetero) is 1. The second-order valence-corrected chi connectivity index (χ2v) is 4.02. The Hall–Kier alpha value is -1.42. The van der Waals surface area contributed by atoms with Gasteiger partial charge in [0.05, 0.1) is 11.4 Å². The largest absolute Gasteiger partial charge is 0.312 e. The van der Waals surface area contributed by atoms with Crippen molar-refractivity contribution in [1.82, 2.24) is 0 Å². The van der Waals surface area contributed by atoms with E-state index in [1.165, 1.54) is 23.1 Å². The number of carbonyl (C=O) groups excluding carboxylic acids is 2. The minimum atomic E-state index is -0.522. The van der Waals surface area contributed by atoms with Crippen LogP contribution in [0.2, 0.25) is 5.02 Å². The molecule has 2 rings (SSSR count). The van der Waals surface area contributed by atoms with Crippen LogP contribution in [0.15, 0.2) is 18.2 Å². The molecule has 3 nitrogen and oxygen atoms in total. The minimum absolute atomic E-state index is 0.0257. The quantitative estimate of drug-likeness (QED) is 0.707. The molecule has 1 aromatic carbocycles. The molecule has 0 aromatic heterocycles. The normalized spacial score (nSPS) is 16.8. The second-order valence-electron chi connectivity index (χ2n) is 3.61. The van der Waals surface area contributed by atoms with Crippen LogP contribution in [0.4, 0.5) is 10.1 Å². The molecule has 0 unspecified atom stereocenters. The molecule has 0 N–H and O–H groups in total. The highest BCUT2D eigenvalue weighted by Gasteiger charge is 2.25. The van der Waals surface area contributed by atoms with Crippen LogP contribution in [0.1, 0.15) is 12.8 Å². The van der Waals surface area contributed by atoms with Crippen molar-refractivity contribution in [1.29, 1.82) is 0 Å². The topological polar surface area (TPSA) is 37.4 Å². The van der Waals surface area contributed by atoms with Gasteiger partial charge in [0.15, 0.2) is 0 Å². The number of ketones is 1. The van der Waals surface area contributed by atoms with E-state index in [1.54, 1.807) is 0 Å². The van der Waals surface area contributed by atoms with Crippen molar-refractivity contribution in [3.8, 4) is 0 Å². The zero-order chi connectivity index (χ0) is 11.7. The first kappa shape index (κ1) is 11.1. The lowest BCUT2D eigenvalue weighted by Gasteiger charge is -2.26. The summed E-state index contributed by atoms with van der Waals surface area (Å²) >= 11 is 5.63. The molecule has 1 fully saturated rings. The third-order valence-corrected chi connectivity index (χ3v) is 2.77. The number of carbonyl (C=O) groups is 2. The molecule has 0 bridgehead atoms. The van der Waals surface area contributed by atoms with Crippen molar-refractivity contribution in [3.63, 3.8) is 0 Å². The molecular formula is C11H9ClFNO2. The van der Waals surface area contributed by atoms with Crippen LogP contribution in [0.25, 0.3) is 0 Å². The van der Waals surface area contributed by atoms with Gasteiger partial charge in [-0.25, -0.2) is 4.39 Å². The molecule has 0 aliphatic carbocycles. The number of benzene rings is 1. The highest BCUT2D eigenvalue weighted by molar-refractivity contribution is 6.31. The summed E-state index contributed by atoms with van der Waals surface area (Å²) in [6.07, 6.45) is 0.246. The van der Waals surface area contributed by atoms with Crippen LogP contribution in [-0.2, 0) is 9.59 Å². The van der Waals surface area contributed by atoms with Gasteiger partial charge in [0.1, 0.15) is 11.6 Å². The molecule has 1 amide bonds. The zero-order valence-electron chi connectivity index (χ0n) is 8.37. The molecule has 1 heterocycles. The van der Waals surface area contributed by atoms with Crippen molar-refractivity contribution < 1.29 is 14.0 Å². The molecule has 1 aromatic rings. The van der Waals surface area contributed by atoms with Crippen molar-refractivity contribution in [2.45, 2.75) is 12.8 Å². The predicted molar refractivity (Wildman–Crippen MR) is 58.0 cm³/mol. The van der Waals surface area contributed by atoms with Crippen LogP contribution in [0.5, 0.6) is 0 Å². The Labute approximate surface area is 96.8 Å². The molecule has 5 heteroatoms. The Kier molecular flexibility index (Phi) is 2.92. The smallest absolute Gasteiger partial charge is 0.234 e. The van der Waals surface area contributed by atoms with Gasteiger partial charge in [0.25, 0.3) is 0 Å². The minimum Gasteiger partial charge on any atom is -0.312 e. The van der Waals surface area contributed by atoms with Gasteiger partial charge < -0.3 is 4.90 Å². The van der Waals surface area contributed by atoms with E-state index in [4.69, 9.17) is 11.6 Å². The zero-order valence-corrected chi connectivity index (χ0v) is 9.13. The Morgan fingerprint density at radius 3 is 2.69 bits per heavy atom. The standard InChI is InChI=1S/C11H9ClFNO2/c12-9-5-7(1-2-10(9)13)14-4-3-8(15)6-11(14)16/h1-2,5H,3-4,6H2.